The highest BCUT2D eigenvalue weighted by Crippen LogP contribution is 2.24. The summed E-state index contributed by atoms with van der Waals surface area (Å²) in [5.41, 5.74) is 0. The van der Waals surface area contributed by atoms with E-state index in [1.165, 1.54) is 148 Å². The number of unbranched alkanes of at least 4 members (excludes halogenated alkanes) is 6. The van der Waals surface area contributed by atoms with E-state index >= 15 is 0 Å². The van der Waals surface area contributed by atoms with E-state index in [0.29, 0.717) is 5.92 Å². The van der Waals surface area contributed by atoms with Crippen molar-refractivity contribution in [1.82, 2.24) is 4.90 Å². The van der Waals surface area contributed by atoms with Crippen LogP contribution in [-0.2, 0) is 4.74 Å². The van der Waals surface area contributed by atoms with Crippen molar-refractivity contribution < 1.29 is 4.74 Å². The van der Waals surface area contributed by atoms with Crippen LogP contribution in [0, 0.1) is 35.5 Å². The van der Waals surface area contributed by atoms with Gasteiger partial charge in [0.2, 0.25) is 0 Å². The van der Waals surface area contributed by atoms with Gasteiger partial charge in [-0.05, 0) is 62.4 Å². The Morgan fingerprint density at radius 2 is 0.857 bits per heavy atom. The van der Waals surface area contributed by atoms with Gasteiger partial charge in [-0.1, -0.05) is 177 Å². The summed E-state index contributed by atoms with van der Waals surface area (Å²) in [6.07, 6.45) is 30.8. The first-order chi connectivity index (χ1) is 20.1. The van der Waals surface area contributed by atoms with E-state index in [2.05, 4.69) is 67.5 Å². The van der Waals surface area contributed by atoms with Crippen molar-refractivity contribution >= 4 is 0 Å². The Labute approximate surface area is 268 Å². The topological polar surface area (TPSA) is 12.5 Å². The van der Waals surface area contributed by atoms with E-state index in [4.69, 9.17) is 4.74 Å². The van der Waals surface area contributed by atoms with E-state index in [0.717, 1.165) is 42.8 Å². The van der Waals surface area contributed by atoms with Crippen molar-refractivity contribution in [3.8, 4) is 0 Å². The fourth-order valence-corrected chi connectivity index (χ4v) is 6.79. The van der Waals surface area contributed by atoms with Gasteiger partial charge in [-0.15, -0.1) is 0 Å². The fraction of sp³-hybridized carbons (Fsp3) is 1.00. The molecule has 0 aromatic rings. The largest absolute Gasteiger partial charge is 0.381 e. The maximum Gasteiger partial charge on any atom is 0.0506 e. The molecule has 0 spiro atoms. The van der Waals surface area contributed by atoms with Crippen LogP contribution in [0.1, 0.15) is 190 Å². The molecule has 0 saturated carbocycles. The third-order valence-electron chi connectivity index (χ3n) is 9.84. The summed E-state index contributed by atoms with van der Waals surface area (Å²) in [6, 6.07) is 0. The summed E-state index contributed by atoms with van der Waals surface area (Å²) in [4.78, 5) is 2.36. The van der Waals surface area contributed by atoms with Crippen LogP contribution in [0.2, 0.25) is 0 Å². The fourth-order valence-electron chi connectivity index (χ4n) is 6.79. The molecule has 2 nitrogen and oxygen atoms in total. The minimum atomic E-state index is 0.690. The van der Waals surface area contributed by atoms with E-state index in [-0.39, 0.29) is 0 Å². The SMILES string of the molecule is CCCCC(C)CCCCCCCCOCC(CCCC(C)CCCC(C)CCCC(C)CCCC(C)C)CN(C)C. The monoisotopic (exact) mass is 594 g/mol. The summed E-state index contributed by atoms with van der Waals surface area (Å²) >= 11 is 0. The molecule has 0 aromatic carbocycles. The van der Waals surface area contributed by atoms with Gasteiger partial charge >= 0.3 is 0 Å². The summed E-state index contributed by atoms with van der Waals surface area (Å²) in [6.45, 7) is 20.0. The van der Waals surface area contributed by atoms with Gasteiger partial charge in [0.15, 0.2) is 0 Å². The molecule has 0 heterocycles. The maximum absolute atomic E-state index is 6.19. The Morgan fingerprint density at radius 1 is 0.452 bits per heavy atom. The minimum Gasteiger partial charge on any atom is -0.381 e. The van der Waals surface area contributed by atoms with Crippen LogP contribution in [0.25, 0.3) is 0 Å². The van der Waals surface area contributed by atoms with Crippen molar-refractivity contribution in [2.24, 2.45) is 35.5 Å². The lowest BCUT2D eigenvalue weighted by atomic mass is 9.90. The molecule has 42 heavy (non-hydrogen) atoms. The molecule has 0 amide bonds. The zero-order valence-electron chi connectivity index (χ0n) is 31.0. The molecule has 254 valence electrons. The molecule has 0 bridgehead atoms. The Balaban J connectivity index is 3.82. The predicted molar refractivity (Wildman–Crippen MR) is 192 cm³/mol. The van der Waals surface area contributed by atoms with Crippen molar-refractivity contribution in [3.63, 3.8) is 0 Å². The molecule has 0 rings (SSSR count). The molecule has 0 fully saturated rings. The molecule has 0 saturated heterocycles. The molecular formula is C40H83NO. The summed E-state index contributed by atoms with van der Waals surface area (Å²) in [5, 5.41) is 0. The summed E-state index contributed by atoms with van der Waals surface area (Å²) in [7, 11) is 4.43. The minimum absolute atomic E-state index is 0.690. The number of rotatable bonds is 32. The molecule has 0 aromatic heterocycles. The first-order valence-electron chi connectivity index (χ1n) is 19.4. The molecule has 5 unspecified atom stereocenters. The van der Waals surface area contributed by atoms with E-state index in [1.807, 2.05) is 0 Å². The number of nitrogens with zero attached hydrogens (tertiary/aromatic N) is 1. The number of hydrogen-bond acceptors (Lipinski definition) is 2. The lowest BCUT2D eigenvalue weighted by molar-refractivity contribution is 0.0811. The number of ether oxygens (including phenoxy) is 1. The smallest absolute Gasteiger partial charge is 0.0506 e. The molecular weight excluding hydrogens is 510 g/mol. The molecule has 0 aliphatic rings. The first kappa shape index (κ1) is 41.9. The normalized spacial score (nSPS) is 15.8. The first-order valence-corrected chi connectivity index (χ1v) is 19.4. The molecule has 0 aliphatic carbocycles. The second-order valence-electron chi connectivity index (χ2n) is 15.8. The van der Waals surface area contributed by atoms with Crippen LogP contribution < -0.4 is 0 Å². The maximum atomic E-state index is 6.19. The van der Waals surface area contributed by atoms with Gasteiger partial charge in [0.05, 0.1) is 6.61 Å². The van der Waals surface area contributed by atoms with Crippen LogP contribution >= 0.6 is 0 Å². The van der Waals surface area contributed by atoms with Gasteiger partial charge in [-0.3, -0.25) is 0 Å². The van der Waals surface area contributed by atoms with E-state index in [9.17, 15) is 0 Å². The average molecular weight is 594 g/mol. The third-order valence-corrected chi connectivity index (χ3v) is 9.84. The molecule has 0 radical (unpaired) electrons. The van der Waals surface area contributed by atoms with Crippen LogP contribution in [-0.4, -0.2) is 38.8 Å². The van der Waals surface area contributed by atoms with Crippen LogP contribution in [0.5, 0.6) is 0 Å². The predicted octanol–water partition coefficient (Wildman–Crippen LogP) is 13.0. The Bertz CT molecular complexity index is 532. The number of hydrogen-bond donors (Lipinski definition) is 0. The molecule has 5 atom stereocenters. The van der Waals surface area contributed by atoms with Gasteiger partial charge in [-0.25, -0.2) is 0 Å². The van der Waals surface area contributed by atoms with Crippen LogP contribution in [0.3, 0.4) is 0 Å². The van der Waals surface area contributed by atoms with Crippen molar-refractivity contribution in [2.45, 2.75) is 190 Å². The van der Waals surface area contributed by atoms with Crippen molar-refractivity contribution in [1.29, 1.82) is 0 Å². The Hall–Kier alpha value is -0.0800. The summed E-state index contributed by atoms with van der Waals surface area (Å²) < 4.78 is 6.19. The van der Waals surface area contributed by atoms with Gasteiger partial charge in [-0.2, -0.15) is 0 Å². The zero-order chi connectivity index (χ0) is 31.4. The van der Waals surface area contributed by atoms with Crippen molar-refractivity contribution in [3.05, 3.63) is 0 Å². The van der Waals surface area contributed by atoms with Crippen LogP contribution in [0.4, 0.5) is 0 Å². The highest BCUT2D eigenvalue weighted by atomic mass is 16.5. The molecule has 0 aliphatic heterocycles. The van der Waals surface area contributed by atoms with Crippen LogP contribution in [0.15, 0.2) is 0 Å². The lowest BCUT2D eigenvalue weighted by Crippen LogP contribution is -2.25. The Kier molecular flexibility index (Phi) is 29.6. The van der Waals surface area contributed by atoms with Gasteiger partial charge < -0.3 is 9.64 Å². The van der Waals surface area contributed by atoms with Gasteiger partial charge in [0.1, 0.15) is 0 Å². The quantitative estimate of drug-likeness (QED) is 0.0719. The second kappa shape index (κ2) is 29.6. The van der Waals surface area contributed by atoms with Gasteiger partial charge in [0, 0.05) is 13.2 Å². The highest BCUT2D eigenvalue weighted by molar-refractivity contribution is 4.65. The van der Waals surface area contributed by atoms with E-state index < -0.39 is 0 Å². The zero-order valence-corrected chi connectivity index (χ0v) is 31.0. The average Bonchev–Trinajstić information content (AvgIpc) is 2.92. The van der Waals surface area contributed by atoms with E-state index in [1.54, 1.807) is 0 Å². The molecule has 2 heteroatoms. The summed E-state index contributed by atoms with van der Waals surface area (Å²) in [5.74, 6) is 5.19. The second-order valence-corrected chi connectivity index (χ2v) is 15.8. The molecule has 0 N–H and O–H groups in total. The third kappa shape index (κ3) is 30.0. The lowest BCUT2D eigenvalue weighted by Gasteiger charge is -2.22. The standard InChI is InChI=1S/C40H83NO/c1-10-11-23-36(4)24-16-14-12-13-15-17-32-42-34-40(33-41(8)9)31-21-30-39(7)29-20-28-38(6)27-19-26-37(5)25-18-22-35(2)3/h35-40H,10-34H2,1-9H3. The Morgan fingerprint density at radius 3 is 1.33 bits per heavy atom. The van der Waals surface area contributed by atoms with Crippen molar-refractivity contribution in [2.75, 3.05) is 33.9 Å². The van der Waals surface area contributed by atoms with Gasteiger partial charge in [0.25, 0.3) is 0 Å². The highest BCUT2D eigenvalue weighted by Gasteiger charge is 2.13.